The highest BCUT2D eigenvalue weighted by Crippen LogP contribution is 2.27. The summed E-state index contributed by atoms with van der Waals surface area (Å²) in [5.41, 5.74) is 1.92. The van der Waals surface area contributed by atoms with Crippen molar-refractivity contribution in [3.63, 3.8) is 0 Å². The molecule has 1 unspecified atom stereocenters. The molecule has 1 saturated heterocycles. The predicted molar refractivity (Wildman–Crippen MR) is 75.3 cm³/mol. The van der Waals surface area contributed by atoms with Crippen molar-refractivity contribution in [3.8, 4) is 0 Å². The highest BCUT2D eigenvalue weighted by molar-refractivity contribution is 9.10. The number of rotatable bonds is 3. The van der Waals surface area contributed by atoms with Gasteiger partial charge in [-0.25, -0.2) is 0 Å². The summed E-state index contributed by atoms with van der Waals surface area (Å²) < 4.78 is 0.963. The number of benzene rings is 1. The van der Waals surface area contributed by atoms with Crippen molar-refractivity contribution in [3.05, 3.63) is 28.2 Å². The summed E-state index contributed by atoms with van der Waals surface area (Å²) in [5, 5.41) is 11.7. The van der Waals surface area contributed by atoms with Gasteiger partial charge in [-0.15, -0.1) is 0 Å². The number of carboxylic acid groups (broad SMARTS) is 1. The van der Waals surface area contributed by atoms with Gasteiger partial charge in [-0.3, -0.25) is 9.59 Å². The first-order valence-corrected chi connectivity index (χ1v) is 6.80. The average Bonchev–Trinajstić information content (AvgIpc) is 2.32. The lowest BCUT2D eigenvalue weighted by Crippen LogP contribution is -2.56. The molecule has 1 amide bonds. The molecule has 1 aromatic carbocycles. The molecule has 19 heavy (non-hydrogen) atoms. The SMILES string of the molecule is Cc1cc(Br)ccc1N1CCNC(=O)C1CC(=O)O. The maximum atomic E-state index is 11.9. The van der Waals surface area contributed by atoms with Crippen LogP contribution in [-0.4, -0.2) is 36.1 Å². The van der Waals surface area contributed by atoms with E-state index in [9.17, 15) is 9.59 Å². The minimum absolute atomic E-state index is 0.193. The molecule has 102 valence electrons. The third-order valence-electron chi connectivity index (χ3n) is 3.17. The number of nitrogens with one attached hydrogen (secondary N) is 1. The van der Waals surface area contributed by atoms with Gasteiger partial charge in [0.2, 0.25) is 5.91 Å². The van der Waals surface area contributed by atoms with Crippen LogP contribution in [0.25, 0.3) is 0 Å². The summed E-state index contributed by atoms with van der Waals surface area (Å²) in [6, 6.07) is 5.12. The fourth-order valence-electron chi connectivity index (χ4n) is 2.31. The molecule has 5 nitrogen and oxygen atoms in total. The number of aliphatic carboxylic acids is 1. The maximum Gasteiger partial charge on any atom is 0.305 e. The van der Waals surface area contributed by atoms with Crippen LogP contribution in [0.1, 0.15) is 12.0 Å². The van der Waals surface area contributed by atoms with Crippen LogP contribution in [0.3, 0.4) is 0 Å². The second-order valence-electron chi connectivity index (χ2n) is 4.53. The van der Waals surface area contributed by atoms with E-state index < -0.39 is 12.0 Å². The topological polar surface area (TPSA) is 69.6 Å². The van der Waals surface area contributed by atoms with Crippen LogP contribution in [0.5, 0.6) is 0 Å². The average molecular weight is 327 g/mol. The van der Waals surface area contributed by atoms with E-state index in [0.717, 1.165) is 15.7 Å². The number of anilines is 1. The number of nitrogens with zero attached hydrogens (tertiary/aromatic N) is 1. The van der Waals surface area contributed by atoms with E-state index in [-0.39, 0.29) is 12.3 Å². The Labute approximate surface area is 119 Å². The summed E-state index contributed by atoms with van der Waals surface area (Å²) in [7, 11) is 0. The van der Waals surface area contributed by atoms with Crippen LogP contribution in [0.15, 0.2) is 22.7 Å². The van der Waals surface area contributed by atoms with Crippen LogP contribution in [-0.2, 0) is 9.59 Å². The van der Waals surface area contributed by atoms with Crippen molar-refractivity contribution in [2.45, 2.75) is 19.4 Å². The molecule has 2 rings (SSSR count). The molecule has 1 aliphatic heterocycles. The number of aryl methyl sites for hydroxylation is 1. The monoisotopic (exact) mass is 326 g/mol. The molecule has 0 aliphatic carbocycles. The standard InChI is InChI=1S/C13H15BrN2O3/c1-8-6-9(14)2-3-10(8)16-5-4-15-13(19)11(16)7-12(17)18/h2-3,6,11H,4-5,7H2,1H3,(H,15,19)(H,17,18). The van der Waals surface area contributed by atoms with Crippen LogP contribution in [0, 0.1) is 6.92 Å². The summed E-state index contributed by atoms with van der Waals surface area (Å²) in [6.07, 6.45) is -0.193. The van der Waals surface area contributed by atoms with Crippen molar-refractivity contribution in [2.24, 2.45) is 0 Å². The molecule has 1 fully saturated rings. The number of halogens is 1. The second-order valence-corrected chi connectivity index (χ2v) is 5.44. The van der Waals surface area contributed by atoms with Gasteiger partial charge < -0.3 is 15.3 Å². The van der Waals surface area contributed by atoms with Gasteiger partial charge in [0.05, 0.1) is 6.42 Å². The highest BCUT2D eigenvalue weighted by atomic mass is 79.9. The molecule has 0 spiro atoms. The maximum absolute atomic E-state index is 11.9. The van der Waals surface area contributed by atoms with Crippen molar-refractivity contribution in [1.29, 1.82) is 0 Å². The van der Waals surface area contributed by atoms with Gasteiger partial charge in [-0.05, 0) is 30.7 Å². The number of hydrogen-bond donors (Lipinski definition) is 2. The van der Waals surface area contributed by atoms with E-state index in [1.165, 1.54) is 0 Å². The molecule has 1 aliphatic rings. The zero-order chi connectivity index (χ0) is 14.0. The van der Waals surface area contributed by atoms with Crippen molar-refractivity contribution in [1.82, 2.24) is 5.32 Å². The van der Waals surface area contributed by atoms with Gasteiger partial charge in [0.25, 0.3) is 0 Å². The van der Waals surface area contributed by atoms with E-state index in [1.807, 2.05) is 30.0 Å². The quantitative estimate of drug-likeness (QED) is 0.884. The fourth-order valence-corrected chi connectivity index (χ4v) is 2.79. The van der Waals surface area contributed by atoms with Crippen LogP contribution in [0.2, 0.25) is 0 Å². The summed E-state index contributed by atoms with van der Waals surface area (Å²) in [4.78, 5) is 24.7. The first-order valence-electron chi connectivity index (χ1n) is 6.01. The Bertz CT molecular complexity index is 519. The smallest absolute Gasteiger partial charge is 0.305 e. The normalized spacial score (nSPS) is 19.2. The highest BCUT2D eigenvalue weighted by Gasteiger charge is 2.32. The molecule has 2 N–H and O–H groups in total. The Morgan fingerprint density at radius 3 is 2.95 bits per heavy atom. The van der Waals surface area contributed by atoms with E-state index in [4.69, 9.17) is 5.11 Å². The van der Waals surface area contributed by atoms with Gasteiger partial charge in [-0.1, -0.05) is 15.9 Å². The molecule has 6 heteroatoms. The molecule has 0 radical (unpaired) electrons. The number of hydrogen-bond acceptors (Lipinski definition) is 3. The second kappa shape index (κ2) is 5.61. The van der Waals surface area contributed by atoms with Crippen molar-refractivity contribution < 1.29 is 14.7 Å². The number of amides is 1. The largest absolute Gasteiger partial charge is 0.481 e. The van der Waals surface area contributed by atoms with E-state index >= 15 is 0 Å². The van der Waals surface area contributed by atoms with E-state index in [0.29, 0.717) is 13.1 Å². The molecular weight excluding hydrogens is 312 g/mol. The molecule has 0 aromatic heterocycles. The lowest BCUT2D eigenvalue weighted by atomic mass is 10.1. The number of piperazine rings is 1. The van der Waals surface area contributed by atoms with Gasteiger partial charge in [0, 0.05) is 23.2 Å². The molecule has 1 heterocycles. The van der Waals surface area contributed by atoms with Gasteiger partial charge in [0.1, 0.15) is 6.04 Å². The van der Waals surface area contributed by atoms with Crippen LogP contribution < -0.4 is 10.2 Å². The van der Waals surface area contributed by atoms with E-state index in [1.54, 1.807) is 0 Å². The number of carbonyl (C=O) groups excluding carboxylic acids is 1. The lowest BCUT2D eigenvalue weighted by Gasteiger charge is -2.37. The Hall–Kier alpha value is -1.56. The Morgan fingerprint density at radius 2 is 2.32 bits per heavy atom. The zero-order valence-corrected chi connectivity index (χ0v) is 12.1. The first-order chi connectivity index (χ1) is 8.99. The Kier molecular flexibility index (Phi) is 4.09. The van der Waals surface area contributed by atoms with E-state index in [2.05, 4.69) is 21.2 Å². The summed E-state index contributed by atoms with van der Waals surface area (Å²) >= 11 is 3.40. The van der Waals surface area contributed by atoms with Gasteiger partial charge in [-0.2, -0.15) is 0 Å². The third kappa shape index (κ3) is 3.07. The summed E-state index contributed by atoms with van der Waals surface area (Å²) in [6.45, 7) is 3.10. The Morgan fingerprint density at radius 1 is 1.58 bits per heavy atom. The summed E-state index contributed by atoms with van der Waals surface area (Å²) in [5.74, 6) is -1.20. The lowest BCUT2D eigenvalue weighted by molar-refractivity contribution is -0.139. The molecular formula is C13H15BrN2O3. The third-order valence-corrected chi connectivity index (χ3v) is 3.66. The van der Waals surface area contributed by atoms with Gasteiger partial charge >= 0.3 is 5.97 Å². The fraction of sp³-hybridized carbons (Fsp3) is 0.385. The van der Waals surface area contributed by atoms with Crippen LogP contribution in [0.4, 0.5) is 5.69 Å². The minimum Gasteiger partial charge on any atom is -0.481 e. The minimum atomic E-state index is -0.971. The number of carbonyl (C=O) groups is 2. The zero-order valence-electron chi connectivity index (χ0n) is 10.5. The van der Waals surface area contributed by atoms with Crippen molar-refractivity contribution in [2.75, 3.05) is 18.0 Å². The van der Waals surface area contributed by atoms with Crippen LogP contribution >= 0.6 is 15.9 Å². The Balaban J connectivity index is 2.33. The molecule has 0 bridgehead atoms. The molecule has 1 atom stereocenters. The molecule has 0 saturated carbocycles. The van der Waals surface area contributed by atoms with Gasteiger partial charge in [0.15, 0.2) is 0 Å². The van der Waals surface area contributed by atoms with Crippen molar-refractivity contribution >= 4 is 33.5 Å². The number of carboxylic acids is 1. The molecule has 1 aromatic rings. The predicted octanol–water partition coefficient (Wildman–Crippen LogP) is 1.54. The first kappa shape index (κ1) is 13.9.